The molecule has 1 aromatic carbocycles. The van der Waals surface area contributed by atoms with Crippen LogP contribution in [0.1, 0.15) is 33.1 Å². The summed E-state index contributed by atoms with van der Waals surface area (Å²) in [5, 5.41) is 6.69. The van der Waals surface area contributed by atoms with Gasteiger partial charge in [-0.25, -0.2) is 4.99 Å². The first kappa shape index (κ1) is 21.4. The molecule has 0 aliphatic carbocycles. The van der Waals surface area contributed by atoms with E-state index in [1.165, 1.54) is 0 Å². The smallest absolute Gasteiger partial charge is 0.220 e. The molecular weight excluding hydrogens is 364 g/mol. The molecule has 2 rings (SSSR count). The minimum absolute atomic E-state index is 0.0793. The van der Waals surface area contributed by atoms with Gasteiger partial charge in [0.15, 0.2) is 5.96 Å². The monoisotopic (exact) mass is 394 g/mol. The average Bonchev–Trinajstić information content (AvgIpc) is 2.67. The molecule has 0 aromatic heterocycles. The van der Waals surface area contributed by atoms with Crippen molar-refractivity contribution in [2.24, 2.45) is 10.9 Å². The summed E-state index contributed by atoms with van der Waals surface area (Å²) >= 11 is 6.15. The van der Waals surface area contributed by atoms with Crippen LogP contribution in [0.3, 0.4) is 0 Å². The zero-order valence-electron chi connectivity index (χ0n) is 16.5. The van der Waals surface area contributed by atoms with Crippen molar-refractivity contribution < 1.29 is 9.53 Å². The minimum Gasteiger partial charge on any atom is -0.487 e. The molecule has 1 unspecified atom stereocenters. The number of guanidine groups is 1. The summed E-state index contributed by atoms with van der Waals surface area (Å²) in [5.41, 5.74) is 0. The number of carbonyl (C=O) groups is 1. The molecule has 1 saturated heterocycles. The van der Waals surface area contributed by atoms with Gasteiger partial charge in [0.1, 0.15) is 11.9 Å². The van der Waals surface area contributed by atoms with E-state index in [9.17, 15) is 4.79 Å². The molecule has 1 aromatic rings. The van der Waals surface area contributed by atoms with E-state index in [1.807, 2.05) is 31.2 Å². The number of halogens is 1. The van der Waals surface area contributed by atoms with Gasteiger partial charge in [0, 0.05) is 33.1 Å². The van der Waals surface area contributed by atoms with Gasteiger partial charge in [-0.2, -0.15) is 0 Å². The molecule has 0 saturated carbocycles. The van der Waals surface area contributed by atoms with Crippen LogP contribution < -0.4 is 15.4 Å². The molecule has 1 fully saturated rings. The fraction of sp³-hybridized carbons (Fsp3) is 0.600. The van der Waals surface area contributed by atoms with E-state index in [0.717, 1.165) is 38.4 Å². The highest BCUT2D eigenvalue weighted by Gasteiger charge is 2.23. The van der Waals surface area contributed by atoms with Crippen molar-refractivity contribution in [3.05, 3.63) is 29.3 Å². The van der Waals surface area contributed by atoms with Crippen molar-refractivity contribution in [1.82, 2.24) is 15.5 Å². The van der Waals surface area contributed by atoms with E-state index < -0.39 is 0 Å². The number of nitrogens with zero attached hydrogens (tertiary/aromatic N) is 2. The van der Waals surface area contributed by atoms with Crippen LogP contribution in [0.5, 0.6) is 5.75 Å². The Hall–Kier alpha value is -1.95. The third-order valence-corrected chi connectivity index (χ3v) is 4.98. The number of aliphatic imine (C=N–C) groups is 1. The third kappa shape index (κ3) is 6.94. The van der Waals surface area contributed by atoms with Crippen LogP contribution >= 0.6 is 11.6 Å². The van der Waals surface area contributed by atoms with E-state index in [4.69, 9.17) is 21.3 Å². The molecule has 27 heavy (non-hydrogen) atoms. The number of piperidine rings is 1. The predicted octanol–water partition coefficient (Wildman–Crippen LogP) is 2.92. The highest BCUT2D eigenvalue weighted by atomic mass is 35.5. The highest BCUT2D eigenvalue weighted by molar-refractivity contribution is 6.32. The van der Waals surface area contributed by atoms with Crippen LogP contribution in [0.15, 0.2) is 29.3 Å². The van der Waals surface area contributed by atoms with Crippen LogP contribution in [0.2, 0.25) is 5.02 Å². The first-order valence-corrected chi connectivity index (χ1v) is 10.1. The number of rotatable bonds is 7. The predicted molar refractivity (Wildman–Crippen MR) is 111 cm³/mol. The zero-order valence-corrected chi connectivity index (χ0v) is 17.3. The Morgan fingerprint density at radius 1 is 1.37 bits per heavy atom. The summed E-state index contributed by atoms with van der Waals surface area (Å²) in [6.07, 6.45) is 2.54. The molecule has 1 amide bonds. The van der Waals surface area contributed by atoms with E-state index in [0.29, 0.717) is 29.7 Å². The maximum absolute atomic E-state index is 11.6. The number of amides is 1. The molecule has 1 aliphatic heterocycles. The Balaban J connectivity index is 1.88. The topological polar surface area (TPSA) is 66.0 Å². The third-order valence-electron chi connectivity index (χ3n) is 4.66. The van der Waals surface area contributed by atoms with Gasteiger partial charge in [0.05, 0.1) is 11.6 Å². The fourth-order valence-corrected chi connectivity index (χ4v) is 3.33. The van der Waals surface area contributed by atoms with E-state index in [2.05, 4.69) is 22.5 Å². The molecule has 0 spiro atoms. The minimum atomic E-state index is -0.0793. The zero-order chi connectivity index (χ0) is 19.6. The molecule has 1 heterocycles. The number of benzene rings is 1. The highest BCUT2D eigenvalue weighted by Crippen LogP contribution is 2.24. The molecule has 1 atom stereocenters. The summed E-state index contributed by atoms with van der Waals surface area (Å²) < 4.78 is 5.90. The first-order chi connectivity index (χ1) is 13.0. The van der Waals surface area contributed by atoms with Crippen LogP contribution in [-0.2, 0) is 4.79 Å². The van der Waals surface area contributed by atoms with Crippen molar-refractivity contribution in [3.63, 3.8) is 0 Å². The fourth-order valence-electron chi connectivity index (χ4n) is 3.15. The first-order valence-electron chi connectivity index (χ1n) is 9.68. The Morgan fingerprint density at radius 3 is 2.70 bits per heavy atom. The Kier molecular flexibility index (Phi) is 8.72. The molecular formula is C20H31ClN4O2. The summed E-state index contributed by atoms with van der Waals surface area (Å²) in [6.45, 7) is 7.24. The quantitative estimate of drug-likeness (QED) is 0.551. The van der Waals surface area contributed by atoms with Gasteiger partial charge in [0.2, 0.25) is 5.91 Å². The molecule has 7 heteroatoms. The maximum atomic E-state index is 11.6. The van der Waals surface area contributed by atoms with Gasteiger partial charge < -0.3 is 20.3 Å². The lowest BCUT2D eigenvalue weighted by Gasteiger charge is -2.34. The van der Waals surface area contributed by atoms with E-state index in [-0.39, 0.29) is 12.0 Å². The van der Waals surface area contributed by atoms with Gasteiger partial charge in [-0.05, 0) is 44.7 Å². The van der Waals surface area contributed by atoms with Crippen LogP contribution in [0, 0.1) is 5.92 Å². The van der Waals surface area contributed by atoms with Crippen molar-refractivity contribution in [1.29, 1.82) is 0 Å². The lowest BCUT2D eigenvalue weighted by molar-refractivity contribution is -0.121. The van der Waals surface area contributed by atoms with Crippen LogP contribution in [0.25, 0.3) is 0 Å². The summed E-state index contributed by atoms with van der Waals surface area (Å²) in [5.74, 6) is 2.17. The van der Waals surface area contributed by atoms with Gasteiger partial charge in [-0.1, -0.05) is 23.7 Å². The van der Waals surface area contributed by atoms with Gasteiger partial charge in [-0.15, -0.1) is 0 Å². The molecule has 0 bridgehead atoms. The summed E-state index contributed by atoms with van der Waals surface area (Å²) in [4.78, 5) is 18.6. The number of para-hydroxylation sites is 1. The number of likely N-dealkylation sites (tertiary alicyclic amines) is 1. The Morgan fingerprint density at radius 2 is 2.07 bits per heavy atom. The summed E-state index contributed by atoms with van der Waals surface area (Å²) in [6, 6.07) is 7.48. The van der Waals surface area contributed by atoms with Crippen molar-refractivity contribution in [2.75, 3.05) is 33.2 Å². The Bertz CT molecular complexity index is 630. The number of hydrogen-bond donors (Lipinski definition) is 2. The number of nitrogens with one attached hydrogen (secondary N) is 2. The molecule has 6 nitrogen and oxygen atoms in total. The molecule has 0 radical (unpaired) electrons. The van der Waals surface area contributed by atoms with Gasteiger partial charge >= 0.3 is 0 Å². The second kappa shape index (κ2) is 11.0. The van der Waals surface area contributed by atoms with Crippen molar-refractivity contribution in [2.45, 2.75) is 39.2 Å². The second-order valence-corrected chi connectivity index (χ2v) is 7.27. The SMILES string of the molecule is CCNC(=NCC(C)Oc1ccccc1Cl)N1CCC(CC(=O)NC)CC1. The largest absolute Gasteiger partial charge is 0.487 e. The van der Waals surface area contributed by atoms with E-state index in [1.54, 1.807) is 7.05 Å². The number of ether oxygens (including phenoxy) is 1. The van der Waals surface area contributed by atoms with Crippen LogP contribution in [0.4, 0.5) is 0 Å². The average molecular weight is 395 g/mol. The van der Waals surface area contributed by atoms with Gasteiger partial charge in [0.25, 0.3) is 0 Å². The summed E-state index contributed by atoms with van der Waals surface area (Å²) in [7, 11) is 1.69. The van der Waals surface area contributed by atoms with Crippen LogP contribution in [-0.4, -0.2) is 56.1 Å². The number of hydrogen-bond acceptors (Lipinski definition) is 3. The molecule has 150 valence electrons. The van der Waals surface area contributed by atoms with Crippen molar-refractivity contribution >= 4 is 23.5 Å². The standard InChI is InChI=1S/C20H31ClN4O2/c1-4-23-20(25-11-9-16(10-12-25)13-19(26)22-3)24-14-15(2)27-18-8-6-5-7-17(18)21/h5-8,15-16H,4,9-14H2,1-3H3,(H,22,26)(H,23,24). The number of carbonyl (C=O) groups excluding carboxylic acids is 1. The normalized spacial score (nSPS) is 16.7. The van der Waals surface area contributed by atoms with Gasteiger partial charge in [-0.3, -0.25) is 4.79 Å². The molecule has 2 N–H and O–H groups in total. The Labute approximate surface area is 167 Å². The lowest BCUT2D eigenvalue weighted by atomic mass is 9.93. The maximum Gasteiger partial charge on any atom is 0.220 e. The van der Waals surface area contributed by atoms with Crippen molar-refractivity contribution in [3.8, 4) is 5.75 Å². The second-order valence-electron chi connectivity index (χ2n) is 6.86. The van der Waals surface area contributed by atoms with E-state index >= 15 is 0 Å². The lowest BCUT2D eigenvalue weighted by Crippen LogP contribution is -2.46. The molecule has 1 aliphatic rings.